The summed E-state index contributed by atoms with van der Waals surface area (Å²) in [5.74, 6) is 1.61. The second-order valence-electron chi connectivity index (χ2n) is 3.69. The van der Waals surface area contributed by atoms with Crippen LogP contribution in [0.3, 0.4) is 0 Å². The lowest BCUT2D eigenvalue weighted by molar-refractivity contribution is 0.416. The van der Waals surface area contributed by atoms with Gasteiger partial charge in [0.1, 0.15) is 5.75 Å². The molecule has 16 heavy (non-hydrogen) atoms. The third-order valence-electron chi connectivity index (χ3n) is 2.42. The van der Waals surface area contributed by atoms with Crippen molar-refractivity contribution in [2.75, 3.05) is 12.4 Å². The van der Waals surface area contributed by atoms with Crippen molar-refractivity contribution < 1.29 is 4.74 Å². The van der Waals surface area contributed by atoms with Gasteiger partial charge < -0.3 is 14.6 Å². The molecule has 4 nitrogen and oxygen atoms in total. The minimum Gasteiger partial charge on any atom is -0.495 e. The first-order chi connectivity index (χ1) is 7.70. The van der Waals surface area contributed by atoms with Crippen LogP contribution in [-0.4, -0.2) is 16.7 Å². The molecule has 0 aliphatic carbocycles. The highest BCUT2D eigenvalue weighted by Gasteiger charge is 2.05. The molecule has 0 spiro atoms. The third-order valence-corrected chi connectivity index (χ3v) is 2.42. The van der Waals surface area contributed by atoms with Gasteiger partial charge in [0.15, 0.2) is 0 Å². The molecule has 1 aromatic carbocycles. The lowest BCUT2D eigenvalue weighted by atomic mass is 10.2. The second-order valence-corrected chi connectivity index (χ2v) is 3.69. The van der Waals surface area contributed by atoms with Gasteiger partial charge in [0, 0.05) is 19.4 Å². The van der Waals surface area contributed by atoms with E-state index in [4.69, 9.17) is 4.74 Å². The third kappa shape index (κ3) is 2.00. The molecule has 0 unspecified atom stereocenters. The molecule has 0 saturated heterocycles. The fourth-order valence-electron chi connectivity index (χ4n) is 1.53. The van der Waals surface area contributed by atoms with E-state index >= 15 is 0 Å². The SMILES string of the molecule is COc1ccc(C)cc1Nc1nccn1C. The monoisotopic (exact) mass is 217 g/mol. The molecule has 84 valence electrons. The Labute approximate surface area is 94.9 Å². The van der Waals surface area contributed by atoms with Crippen molar-refractivity contribution in [2.24, 2.45) is 7.05 Å². The van der Waals surface area contributed by atoms with Crippen LogP contribution in [0.4, 0.5) is 11.6 Å². The molecule has 0 aliphatic heterocycles. The van der Waals surface area contributed by atoms with E-state index in [-0.39, 0.29) is 0 Å². The summed E-state index contributed by atoms with van der Waals surface area (Å²) in [6.07, 6.45) is 3.65. The van der Waals surface area contributed by atoms with Gasteiger partial charge in [0.05, 0.1) is 12.8 Å². The van der Waals surface area contributed by atoms with Crippen LogP contribution >= 0.6 is 0 Å². The van der Waals surface area contributed by atoms with Gasteiger partial charge in [-0.15, -0.1) is 0 Å². The maximum Gasteiger partial charge on any atom is 0.207 e. The Kier molecular flexibility index (Phi) is 2.81. The van der Waals surface area contributed by atoms with Crippen molar-refractivity contribution in [1.29, 1.82) is 0 Å². The van der Waals surface area contributed by atoms with Gasteiger partial charge in [-0.25, -0.2) is 4.98 Å². The van der Waals surface area contributed by atoms with Crippen molar-refractivity contribution in [1.82, 2.24) is 9.55 Å². The first-order valence-electron chi connectivity index (χ1n) is 5.09. The van der Waals surface area contributed by atoms with Gasteiger partial charge in [-0.05, 0) is 24.6 Å². The van der Waals surface area contributed by atoms with Crippen LogP contribution in [0.15, 0.2) is 30.6 Å². The van der Waals surface area contributed by atoms with Crippen LogP contribution in [0.1, 0.15) is 5.56 Å². The van der Waals surface area contributed by atoms with Crippen LogP contribution in [0.2, 0.25) is 0 Å². The summed E-state index contributed by atoms with van der Waals surface area (Å²) in [5.41, 5.74) is 2.11. The fraction of sp³-hybridized carbons (Fsp3) is 0.250. The zero-order valence-corrected chi connectivity index (χ0v) is 9.69. The smallest absolute Gasteiger partial charge is 0.207 e. The summed E-state index contributed by atoms with van der Waals surface area (Å²) in [6, 6.07) is 6.00. The topological polar surface area (TPSA) is 39.1 Å². The lowest BCUT2D eigenvalue weighted by Gasteiger charge is -2.11. The van der Waals surface area contributed by atoms with Crippen LogP contribution < -0.4 is 10.1 Å². The van der Waals surface area contributed by atoms with Crippen molar-refractivity contribution in [3.63, 3.8) is 0 Å². The number of benzene rings is 1. The molecule has 2 aromatic rings. The Hall–Kier alpha value is -1.97. The van der Waals surface area contributed by atoms with E-state index in [1.165, 1.54) is 5.56 Å². The minimum absolute atomic E-state index is 0.795. The molecule has 0 bridgehead atoms. The number of nitrogens with zero attached hydrogens (tertiary/aromatic N) is 2. The van der Waals surface area contributed by atoms with Crippen molar-refractivity contribution in [2.45, 2.75) is 6.92 Å². The normalized spacial score (nSPS) is 10.2. The zero-order chi connectivity index (χ0) is 11.5. The average Bonchev–Trinajstić information content (AvgIpc) is 2.65. The Bertz CT molecular complexity index is 491. The molecule has 0 saturated carbocycles. The van der Waals surface area contributed by atoms with Crippen LogP contribution in [0, 0.1) is 6.92 Å². The Morgan fingerprint density at radius 1 is 1.38 bits per heavy atom. The number of hydrogen-bond donors (Lipinski definition) is 1. The number of imidazole rings is 1. The molecule has 2 rings (SSSR count). The van der Waals surface area contributed by atoms with Crippen molar-refractivity contribution >= 4 is 11.6 Å². The van der Waals surface area contributed by atoms with E-state index in [0.717, 1.165) is 17.4 Å². The van der Waals surface area contributed by atoms with E-state index in [0.29, 0.717) is 0 Å². The minimum atomic E-state index is 0.795. The summed E-state index contributed by atoms with van der Waals surface area (Å²) in [7, 11) is 3.60. The van der Waals surface area contributed by atoms with Gasteiger partial charge in [-0.2, -0.15) is 0 Å². The number of methoxy groups -OCH3 is 1. The highest BCUT2D eigenvalue weighted by molar-refractivity contribution is 5.63. The fourth-order valence-corrected chi connectivity index (χ4v) is 1.53. The number of hydrogen-bond acceptors (Lipinski definition) is 3. The van der Waals surface area contributed by atoms with Gasteiger partial charge >= 0.3 is 0 Å². The van der Waals surface area contributed by atoms with Gasteiger partial charge in [0.25, 0.3) is 0 Å². The van der Waals surface area contributed by atoms with E-state index in [9.17, 15) is 0 Å². The molecule has 1 N–H and O–H groups in total. The van der Waals surface area contributed by atoms with Crippen LogP contribution in [0.25, 0.3) is 0 Å². The first kappa shape index (κ1) is 10.5. The Morgan fingerprint density at radius 2 is 2.19 bits per heavy atom. The number of ether oxygens (including phenoxy) is 1. The van der Waals surface area contributed by atoms with E-state index in [1.807, 2.05) is 42.9 Å². The predicted octanol–water partition coefficient (Wildman–Crippen LogP) is 2.48. The Morgan fingerprint density at radius 3 is 2.81 bits per heavy atom. The number of nitrogens with one attached hydrogen (secondary N) is 1. The summed E-state index contributed by atoms with van der Waals surface area (Å²) in [5, 5.41) is 3.24. The summed E-state index contributed by atoms with van der Waals surface area (Å²) >= 11 is 0. The predicted molar refractivity (Wildman–Crippen MR) is 64.2 cm³/mol. The molecule has 0 aliphatic rings. The first-order valence-corrected chi connectivity index (χ1v) is 5.09. The van der Waals surface area contributed by atoms with Crippen LogP contribution in [-0.2, 0) is 7.05 Å². The maximum absolute atomic E-state index is 5.29. The maximum atomic E-state index is 5.29. The van der Waals surface area contributed by atoms with Crippen molar-refractivity contribution in [3.05, 3.63) is 36.2 Å². The van der Waals surface area contributed by atoms with E-state index in [2.05, 4.69) is 10.3 Å². The average molecular weight is 217 g/mol. The lowest BCUT2D eigenvalue weighted by Crippen LogP contribution is -2.00. The van der Waals surface area contributed by atoms with Crippen LogP contribution in [0.5, 0.6) is 5.75 Å². The molecule has 0 amide bonds. The number of aromatic nitrogens is 2. The van der Waals surface area contributed by atoms with Gasteiger partial charge in [-0.3, -0.25) is 0 Å². The number of rotatable bonds is 3. The zero-order valence-electron chi connectivity index (χ0n) is 9.69. The molecule has 1 aromatic heterocycles. The molecular weight excluding hydrogens is 202 g/mol. The molecule has 1 heterocycles. The van der Waals surface area contributed by atoms with Crippen molar-refractivity contribution in [3.8, 4) is 5.75 Å². The molecule has 0 atom stereocenters. The highest BCUT2D eigenvalue weighted by atomic mass is 16.5. The quantitative estimate of drug-likeness (QED) is 0.858. The van der Waals surface area contributed by atoms with Gasteiger partial charge in [0.2, 0.25) is 5.95 Å². The molecular formula is C12H15N3O. The number of anilines is 2. The molecule has 0 radical (unpaired) electrons. The van der Waals surface area contributed by atoms with E-state index < -0.39 is 0 Å². The summed E-state index contributed by atoms with van der Waals surface area (Å²) in [4.78, 5) is 4.21. The largest absolute Gasteiger partial charge is 0.495 e. The molecule has 0 fully saturated rings. The highest BCUT2D eigenvalue weighted by Crippen LogP contribution is 2.27. The Balaban J connectivity index is 2.33. The van der Waals surface area contributed by atoms with E-state index in [1.54, 1.807) is 13.3 Å². The summed E-state index contributed by atoms with van der Waals surface area (Å²) in [6.45, 7) is 2.04. The standard InChI is InChI=1S/C12H15N3O/c1-9-4-5-11(16-3)10(8-9)14-12-13-6-7-15(12)2/h4-8H,1-3H3,(H,13,14). The van der Waals surface area contributed by atoms with Gasteiger partial charge in [-0.1, -0.05) is 6.07 Å². The summed E-state index contributed by atoms with van der Waals surface area (Å²) < 4.78 is 7.21. The molecule has 4 heteroatoms. The second kappa shape index (κ2) is 4.26. The number of aryl methyl sites for hydroxylation is 2.